The number of methoxy groups -OCH3 is 1. The Labute approximate surface area is 135 Å². The summed E-state index contributed by atoms with van der Waals surface area (Å²) in [5.74, 6) is -1.66. The lowest BCUT2D eigenvalue weighted by atomic mass is 10.1. The summed E-state index contributed by atoms with van der Waals surface area (Å²) in [4.78, 5) is 12.3. The third kappa shape index (κ3) is 3.10. The fourth-order valence-electron chi connectivity index (χ4n) is 2.12. The quantitative estimate of drug-likeness (QED) is 0.788. The van der Waals surface area contributed by atoms with Crippen molar-refractivity contribution in [1.82, 2.24) is 5.16 Å². The maximum atomic E-state index is 13.2. The van der Waals surface area contributed by atoms with Gasteiger partial charge in [0.1, 0.15) is 11.3 Å². The second-order valence-electron chi connectivity index (χ2n) is 4.88. The molecule has 0 bridgehead atoms. The topological polar surface area (TPSA) is 64.4 Å². The summed E-state index contributed by atoms with van der Waals surface area (Å²) in [6, 6.07) is 9.96. The molecule has 1 amide bonds. The van der Waals surface area contributed by atoms with Crippen molar-refractivity contribution in [2.24, 2.45) is 0 Å². The number of hydrogen-bond acceptors (Lipinski definition) is 4. The summed E-state index contributed by atoms with van der Waals surface area (Å²) in [6.07, 6.45) is 1.26. The molecule has 5 nitrogen and oxygen atoms in total. The van der Waals surface area contributed by atoms with Crippen LogP contribution in [0.15, 0.2) is 53.2 Å². The first-order valence-electron chi connectivity index (χ1n) is 6.94. The maximum Gasteiger partial charge on any atom is 0.261 e. The third-order valence-corrected chi connectivity index (χ3v) is 3.34. The van der Waals surface area contributed by atoms with Crippen molar-refractivity contribution in [3.05, 3.63) is 65.9 Å². The first-order chi connectivity index (χ1) is 11.6. The molecule has 0 saturated heterocycles. The lowest BCUT2D eigenvalue weighted by molar-refractivity contribution is 0.102. The molecule has 1 N–H and O–H groups in total. The molecule has 3 aromatic rings. The van der Waals surface area contributed by atoms with Gasteiger partial charge in [0.2, 0.25) is 0 Å². The predicted molar refractivity (Wildman–Crippen MR) is 82.8 cm³/mol. The number of amides is 1. The summed E-state index contributed by atoms with van der Waals surface area (Å²) in [5.41, 5.74) is 0.925. The summed E-state index contributed by atoms with van der Waals surface area (Å²) in [7, 11) is 1.55. The van der Waals surface area contributed by atoms with Gasteiger partial charge >= 0.3 is 0 Å². The fraction of sp³-hybridized carbons (Fsp3) is 0.0588. The minimum Gasteiger partial charge on any atom is -0.497 e. The molecule has 1 heterocycles. The molecular weight excluding hydrogens is 318 g/mol. The Kier molecular flexibility index (Phi) is 4.24. The van der Waals surface area contributed by atoms with Crippen molar-refractivity contribution < 1.29 is 22.8 Å². The van der Waals surface area contributed by atoms with Crippen molar-refractivity contribution in [1.29, 1.82) is 0 Å². The number of ether oxygens (including phenoxy) is 1. The van der Waals surface area contributed by atoms with Crippen LogP contribution >= 0.6 is 0 Å². The number of carbonyl (C=O) groups is 1. The molecule has 0 saturated carbocycles. The number of halogens is 2. The summed E-state index contributed by atoms with van der Waals surface area (Å²) in [5, 5.41) is 6.11. The Morgan fingerprint density at radius 2 is 1.88 bits per heavy atom. The average Bonchev–Trinajstić information content (AvgIpc) is 3.08. The molecule has 0 spiro atoms. The number of nitrogens with zero attached hydrogens (tertiary/aromatic N) is 1. The highest BCUT2D eigenvalue weighted by molar-refractivity contribution is 6.07. The second kappa shape index (κ2) is 6.49. The van der Waals surface area contributed by atoms with Gasteiger partial charge in [0.15, 0.2) is 17.4 Å². The van der Waals surface area contributed by atoms with Crippen LogP contribution in [0, 0.1) is 11.6 Å². The van der Waals surface area contributed by atoms with Gasteiger partial charge in [-0.05, 0) is 36.4 Å². The van der Waals surface area contributed by atoms with Gasteiger partial charge in [-0.15, -0.1) is 0 Å². The van der Waals surface area contributed by atoms with E-state index in [1.807, 2.05) is 0 Å². The van der Waals surface area contributed by atoms with Crippen LogP contribution in [0.3, 0.4) is 0 Å². The van der Waals surface area contributed by atoms with Crippen molar-refractivity contribution in [3.63, 3.8) is 0 Å². The van der Waals surface area contributed by atoms with Crippen LogP contribution in [-0.4, -0.2) is 18.2 Å². The van der Waals surface area contributed by atoms with Gasteiger partial charge in [0.05, 0.1) is 13.3 Å². The van der Waals surface area contributed by atoms with E-state index < -0.39 is 17.5 Å². The molecule has 3 rings (SSSR count). The molecule has 2 aromatic carbocycles. The SMILES string of the molecule is COc1ccc(-c2oncc2C(=O)Nc2ccc(F)c(F)c2)cc1. The van der Waals surface area contributed by atoms with Crippen LogP contribution in [0.1, 0.15) is 10.4 Å². The van der Waals surface area contributed by atoms with Crippen molar-refractivity contribution in [3.8, 4) is 17.1 Å². The molecule has 0 unspecified atom stereocenters. The smallest absolute Gasteiger partial charge is 0.261 e. The zero-order chi connectivity index (χ0) is 17.1. The van der Waals surface area contributed by atoms with E-state index in [0.29, 0.717) is 11.3 Å². The fourth-order valence-corrected chi connectivity index (χ4v) is 2.12. The molecule has 0 atom stereocenters. The number of benzene rings is 2. The summed E-state index contributed by atoms with van der Waals surface area (Å²) >= 11 is 0. The van der Waals surface area contributed by atoms with Crippen molar-refractivity contribution in [2.75, 3.05) is 12.4 Å². The van der Waals surface area contributed by atoms with Crippen LogP contribution in [0.25, 0.3) is 11.3 Å². The molecule has 0 radical (unpaired) electrons. The first-order valence-corrected chi connectivity index (χ1v) is 6.94. The number of carbonyl (C=O) groups excluding carboxylic acids is 1. The van der Waals surface area contributed by atoms with E-state index >= 15 is 0 Å². The molecule has 122 valence electrons. The second-order valence-corrected chi connectivity index (χ2v) is 4.88. The third-order valence-electron chi connectivity index (χ3n) is 3.34. The minimum atomic E-state index is -1.05. The molecule has 0 aliphatic heterocycles. The zero-order valence-electron chi connectivity index (χ0n) is 12.5. The van der Waals surface area contributed by atoms with Gasteiger partial charge in [-0.2, -0.15) is 0 Å². The van der Waals surface area contributed by atoms with Gasteiger partial charge in [-0.1, -0.05) is 5.16 Å². The Bertz CT molecular complexity index is 876. The van der Waals surface area contributed by atoms with E-state index in [2.05, 4.69) is 10.5 Å². The Morgan fingerprint density at radius 3 is 2.54 bits per heavy atom. The number of hydrogen-bond donors (Lipinski definition) is 1. The minimum absolute atomic E-state index is 0.126. The van der Waals surface area contributed by atoms with E-state index in [1.165, 1.54) is 12.3 Å². The molecule has 1 aromatic heterocycles. The summed E-state index contributed by atoms with van der Waals surface area (Å²) < 4.78 is 36.4. The normalized spacial score (nSPS) is 10.5. The first kappa shape index (κ1) is 15.7. The molecule has 24 heavy (non-hydrogen) atoms. The highest BCUT2D eigenvalue weighted by atomic mass is 19.2. The van der Waals surface area contributed by atoms with Crippen LogP contribution in [0.2, 0.25) is 0 Å². The van der Waals surface area contributed by atoms with Gasteiger partial charge in [-0.3, -0.25) is 4.79 Å². The lowest BCUT2D eigenvalue weighted by Crippen LogP contribution is -2.12. The number of nitrogens with one attached hydrogen (secondary N) is 1. The van der Waals surface area contributed by atoms with Gasteiger partial charge in [0.25, 0.3) is 5.91 Å². The standard InChI is InChI=1S/C17H12F2N2O3/c1-23-12-5-2-10(3-6-12)16-13(9-20-24-16)17(22)21-11-4-7-14(18)15(19)8-11/h2-9H,1H3,(H,21,22). The number of anilines is 1. The molecule has 0 aliphatic rings. The highest BCUT2D eigenvalue weighted by Crippen LogP contribution is 2.26. The number of aromatic nitrogens is 1. The largest absolute Gasteiger partial charge is 0.497 e. The zero-order valence-corrected chi connectivity index (χ0v) is 12.5. The van der Waals surface area contributed by atoms with Crippen LogP contribution in [0.5, 0.6) is 5.75 Å². The Morgan fingerprint density at radius 1 is 1.12 bits per heavy atom. The monoisotopic (exact) mass is 330 g/mol. The van der Waals surface area contributed by atoms with Crippen molar-refractivity contribution in [2.45, 2.75) is 0 Å². The lowest BCUT2D eigenvalue weighted by Gasteiger charge is -2.06. The Hall–Kier alpha value is -3.22. The number of rotatable bonds is 4. The van der Waals surface area contributed by atoms with Gasteiger partial charge < -0.3 is 14.6 Å². The van der Waals surface area contributed by atoms with Crippen LogP contribution in [-0.2, 0) is 0 Å². The van der Waals surface area contributed by atoms with E-state index in [4.69, 9.17) is 9.26 Å². The predicted octanol–water partition coefficient (Wildman–Crippen LogP) is 3.88. The average molecular weight is 330 g/mol. The highest BCUT2D eigenvalue weighted by Gasteiger charge is 2.18. The van der Waals surface area contributed by atoms with E-state index in [1.54, 1.807) is 31.4 Å². The van der Waals surface area contributed by atoms with Crippen LogP contribution in [0.4, 0.5) is 14.5 Å². The maximum absolute atomic E-state index is 13.2. The van der Waals surface area contributed by atoms with Gasteiger partial charge in [0, 0.05) is 17.3 Å². The summed E-state index contributed by atoms with van der Waals surface area (Å²) in [6.45, 7) is 0. The molecule has 7 heteroatoms. The Balaban J connectivity index is 1.85. The molecular formula is C17H12F2N2O3. The van der Waals surface area contributed by atoms with Crippen molar-refractivity contribution >= 4 is 11.6 Å². The molecule has 0 aliphatic carbocycles. The van der Waals surface area contributed by atoms with Gasteiger partial charge in [-0.25, -0.2) is 8.78 Å². The van der Waals surface area contributed by atoms with Crippen LogP contribution < -0.4 is 10.1 Å². The van der Waals surface area contributed by atoms with E-state index in [0.717, 1.165) is 12.1 Å². The van der Waals surface area contributed by atoms with E-state index in [9.17, 15) is 13.6 Å². The van der Waals surface area contributed by atoms with E-state index in [-0.39, 0.29) is 17.0 Å². The molecule has 0 fully saturated rings.